The van der Waals surface area contributed by atoms with Gasteiger partial charge in [-0.05, 0) is 38.5 Å². The molecule has 4 rings (SSSR count). The van der Waals surface area contributed by atoms with E-state index in [4.69, 9.17) is 0 Å². The molecule has 7 heteroatoms. The molecule has 0 spiro atoms. The Morgan fingerprint density at radius 1 is 1.03 bits per heavy atom. The molecule has 0 aliphatic heterocycles. The summed E-state index contributed by atoms with van der Waals surface area (Å²) < 4.78 is 1.84. The molecule has 0 saturated carbocycles. The number of amides is 1. The summed E-state index contributed by atoms with van der Waals surface area (Å²) >= 11 is 0. The Labute approximate surface area is 179 Å². The molecule has 31 heavy (non-hydrogen) atoms. The van der Waals surface area contributed by atoms with Gasteiger partial charge in [0.15, 0.2) is 0 Å². The van der Waals surface area contributed by atoms with Crippen LogP contribution < -0.4 is 10.9 Å². The fourth-order valence-electron chi connectivity index (χ4n) is 3.59. The largest absolute Gasteiger partial charge is 0.322 e. The predicted octanol–water partition coefficient (Wildman–Crippen LogP) is 3.86. The van der Waals surface area contributed by atoms with E-state index >= 15 is 0 Å². The number of nitrogens with zero attached hydrogens (tertiary/aromatic N) is 3. The molecule has 2 N–H and O–H groups in total. The van der Waals surface area contributed by atoms with E-state index in [0.717, 1.165) is 11.3 Å². The second kappa shape index (κ2) is 8.39. The number of carbonyl (C=O) groups is 1. The maximum atomic E-state index is 13.0. The number of nitrogens with one attached hydrogen (secondary N) is 2. The van der Waals surface area contributed by atoms with Gasteiger partial charge in [0, 0.05) is 28.7 Å². The minimum absolute atomic E-state index is 0.214. The van der Waals surface area contributed by atoms with Crippen molar-refractivity contribution in [3.8, 4) is 11.4 Å². The lowest BCUT2D eigenvalue weighted by molar-refractivity contribution is 0.102. The summed E-state index contributed by atoms with van der Waals surface area (Å²) in [7, 11) is 0. The molecule has 0 atom stereocenters. The van der Waals surface area contributed by atoms with E-state index in [2.05, 4.69) is 20.4 Å². The van der Waals surface area contributed by atoms with Gasteiger partial charge in [0.2, 0.25) is 0 Å². The molecule has 0 fully saturated rings. The van der Waals surface area contributed by atoms with E-state index in [1.165, 1.54) is 6.07 Å². The molecule has 0 radical (unpaired) electrons. The second-order valence-corrected chi connectivity index (χ2v) is 7.46. The van der Waals surface area contributed by atoms with E-state index in [1.807, 2.05) is 61.0 Å². The van der Waals surface area contributed by atoms with Crippen LogP contribution in [0.4, 0.5) is 5.69 Å². The van der Waals surface area contributed by atoms with Crippen LogP contribution in [0.5, 0.6) is 0 Å². The van der Waals surface area contributed by atoms with Crippen LogP contribution in [0.1, 0.15) is 33.0 Å². The maximum absolute atomic E-state index is 13.0. The number of benzene rings is 2. The van der Waals surface area contributed by atoms with Crippen molar-refractivity contribution in [2.45, 2.75) is 27.3 Å². The zero-order chi connectivity index (χ0) is 22.0. The Kier molecular flexibility index (Phi) is 5.49. The fraction of sp³-hybridized carbons (Fsp3) is 0.167. The third-order valence-corrected chi connectivity index (χ3v) is 5.05. The van der Waals surface area contributed by atoms with Gasteiger partial charge < -0.3 is 10.3 Å². The molecular weight excluding hydrogens is 390 g/mol. The quantitative estimate of drug-likeness (QED) is 0.520. The number of aromatic amines is 1. The molecule has 0 aliphatic carbocycles. The number of hydrogen-bond donors (Lipinski definition) is 2. The first kappa shape index (κ1) is 20.3. The molecule has 0 bridgehead atoms. The standard InChI is InChI=1S/C24H23N5O2/c1-15-12-21(30)27-23(25-15)19-10-7-11-20(13-19)26-24(31)22-16(2)28-29(17(22)3)14-18-8-5-4-6-9-18/h4-13H,14H2,1-3H3,(H,26,31)(H,25,27,30). The molecule has 2 aromatic heterocycles. The molecule has 0 unspecified atom stereocenters. The number of H-pyrrole nitrogens is 1. The van der Waals surface area contributed by atoms with Gasteiger partial charge in [-0.25, -0.2) is 4.98 Å². The molecule has 1 amide bonds. The van der Waals surface area contributed by atoms with Crippen LogP contribution in [0, 0.1) is 20.8 Å². The Bertz CT molecular complexity index is 1310. The highest BCUT2D eigenvalue weighted by atomic mass is 16.1. The first-order chi connectivity index (χ1) is 14.9. The van der Waals surface area contributed by atoms with Crippen molar-refractivity contribution in [2.24, 2.45) is 0 Å². The van der Waals surface area contributed by atoms with Crippen molar-refractivity contribution in [2.75, 3.05) is 5.32 Å². The van der Waals surface area contributed by atoms with E-state index in [-0.39, 0.29) is 11.5 Å². The van der Waals surface area contributed by atoms with Crippen LogP contribution in [0.3, 0.4) is 0 Å². The SMILES string of the molecule is Cc1cc(=O)[nH]c(-c2cccc(NC(=O)c3c(C)nn(Cc4ccccc4)c3C)c2)n1. The van der Waals surface area contributed by atoms with Gasteiger partial charge in [0.25, 0.3) is 11.5 Å². The minimum atomic E-state index is -0.225. The summed E-state index contributed by atoms with van der Waals surface area (Å²) in [5.41, 5.74) is 4.90. The number of aromatic nitrogens is 4. The summed E-state index contributed by atoms with van der Waals surface area (Å²) in [6, 6.07) is 18.7. The molecule has 2 aromatic carbocycles. The van der Waals surface area contributed by atoms with Crippen LogP contribution in [0.25, 0.3) is 11.4 Å². The summed E-state index contributed by atoms with van der Waals surface area (Å²) in [6.07, 6.45) is 0. The van der Waals surface area contributed by atoms with E-state index in [1.54, 1.807) is 19.1 Å². The van der Waals surface area contributed by atoms with Gasteiger partial charge in [-0.1, -0.05) is 42.5 Å². The van der Waals surface area contributed by atoms with E-state index < -0.39 is 0 Å². The molecule has 2 heterocycles. The number of carbonyl (C=O) groups excluding carboxylic acids is 1. The highest BCUT2D eigenvalue weighted by Gasteiger charge is 2.19. The zero-order valence-electron chi connectivity index (χ0n) is 17.6. The van der Waals surface area contributed by atoms with Crippen molar-refractivity contribution in [3.63, 3.8) is 0 Å². The van der Waals surface area contributed by atoms with Crippen LogP contribution in [-0.4, -0.2) is 25.7 Å². The Balaban J connectivity index is 1.58. The summed E-state index contributed by atoms with van der Waals surface area (Å²) in [6.45, 7) is 6.10. The van der Waals surface area contributed by atoms with Gasteiger partial charge in [0.05, 0.1) is 17.8 Å². The van der Waals surface area contributed by atoms with Gasteiger partial charge in [0.1, 0.15) is 5.82 Å². The molecule has 7 nitrogen and oxygen atoms in total. The summed E-state index contributed by atoms with van der Waals surface area (Å²) in [5, 5.41) is 7.50. The fourth-order valence-corrected chi connectivity index (χ4v) is 3.59. The Morgan fingerprint density at radius 2 is 1.81 bits per heavy atom. The zero-order valence-corrected chi connectivity index (χ0v) is 17.6. The van der Waals surface area contributed by atoms with Crippen LogP contribution in [0.15, 0.2) is 65.5 Å². The van der Waals surface area contributed by atoms with Gasteiger partial charge in [-0.15, -0.1) is 0 Å². The number of rotatable bonds is 5. The third kappa shape index (κ3) is 4.45. The van der Waals surface area contributed by atoms with Crippen molar-refractivity contribution < 1.29 is 4.79 Å². The average molecular weight is 413 g/mol. The molecular formula is C24H23N5O2. The average Bonchev–Trinajstić information content (AvgIpc) is 3.01. The molecule has 156 valence electrons. The molecule has 0 saturated heterocycles. The normalized spacial score (nSPS) is 10.8. The molecule has 0 aliphatic rings. The first-order valence-electron chi connectivity index (χ1n) is 9.98. The highest BCUT2D eigenvalue weighted by Crippen LogP contribution is 2.21. The van der Waals surface area contributed by atoms with E-state index in [9.17, 15) is 9.59 Å². The lowest BCUT2D eigenvalue weighted by Gasteiger charge is -2.09. The predicted molar refractivity (Wildman–Crippen MR) is 120 cm³/mol. The molecule has 4 aromatic rings. The third-order valence-electron chi connectivity index (χ3n) is 5.05. The Hall–Kier alpha value is -4.00. The summed E-state index contributed by atoms with van der Waals surface area (Å²) in [5.74, 6) is 0.237. The lowest BCUT2D eigenvalue weighted by atomic mass is 10.1. The minimum Gasteiger partial charge on any atom is -0.322 e. The van der Waals surface area contributed by atoms with Crippen molar-refractivity contribution in [1.29, 1.82) is 0 Å². The van der Waals surface area contributed by atoms with Crippen LogP contribution >= 0.6 is 0 Å². The van der Waals surface area contributed by atoms with Gasteiger partial charge in [-0.2, -0.15) is 5.10 Å². The monoisotopic (exact) mass is 413 g/mol. The topological polar surface area (TPSA) is 92.7 Å². The van der Waals surface area contributed by atoms with Crippen molar-refractivity contribution in [3.05, 3.63) is 99.2 Å². The van der Waals surface area contributed by atoms with Gasteiger partial charge in [-0.3, -0.25) is 14.3 Å². The number of aryl methyl sites for hydroxylation is 2. The maximum Gasteiger partial charge on any atom is 0.259 e. The smallest absolute Gasteiger partial charge is 0.259 e. The van der Waals surface area contributed by atoms with Crippen LogP contribution in [-0.2, 0) is 6.54 Å². The number of anilines is 1. The highest BCUT2D eigenvalue weighted by molar-refractivity contribution is 6.06. The number of hydrogen-bond acceptors (Lipinski definition) is 4. The van der Waals surface area contributed by atoms with E-state index in [0.29, 0.717) is 40.6 Å². The second-order valence-electron chi connectivity index (χ2n) is 7.46. The summed E-state index contributed by atoms with van der Waals surface area (Å²) in [4.78, 5) is 31.9. The van der Waals surface area contributed by atoms with Gasteiger partial charge >= 0.3 is 0 Å². The Morgan fingerprint density at radius 3 is 2.55 bits per heavy atom. The lowest BCUT2D eigenvalue weighted by Crippen LogP contribution is -2.14. The van der Waals surface area contributed by atoms with Crippen LogP contribution in [0.2, 0.25) is 0 Å². The van der Waals surface area contributed by atoms with Crippen molar-refractivity contribution >= 4 is 11.6 Å². The van der Waals surface area contributed by atoms with Crippen molar-refractivity contribution in [1.82, 2.24) is 19.7 Å². The first-order valence-corrected chi connectivity index (χ1v) is 9.98.